The summed E-state index contributed by atoms with van der Waals surface area (Å²) >= 11 is 12.1. The van der Waals surface area contributed by atoms with Crippen molar-refractivity contribution in [2.75, 3.05) is 20.3 Å². The summed E-state index contributed by atoms with van der Waals surface area (Å²) in [4.78, 5) is 30.5. The highest BCUT2D eigenvalue weighted by Gasteiger charge is 2.44. The van der Waals surface area contributed by atoms with E-state index in [1.807, 2.05) is 0 Å². The molecule has 0 bridgehead atoms. The van der Waals surface area contributed by atoms with Gasteiger partial charge >= 0.3 is 6.09 Å². The molecule has 2 amide bonds. The third-order valence-corrected chi connectivity index (χ3v) is 3.55. The minimum Gasteiger partial charge on any atom is -0.453 e. The molecule has 1 aliphatic heterocycles. The molecule has 1 aliphatic rings. The van der Waals surface area contributed by atoms with Crippen molar-refractivity contribution in [3.63, 3.8) is 0 Å². The Labute approximate surface area is 132 Å². The Kier molecular flexibility index (Phi) is 4.92. The van der Waals surface area contributed by atoms with Gasteiger partial charge in [0.05, 0.1) is 13.7 Å². The number of hydrogen-bond acceptors (Lipinski definition) is 4. The van der Waals surface area contributed by atoms with Gasteiger partial charge < -0.3 is 4.74 Å². The summed E-state index contributed by atoms with van der Waals surface area (Å²) in [5.74, 6) is -0.349. The van der Waals surface area contributed by atoms with E-state index < -0.39 is 12.3 Å². The molecule has 8 heteroatoms. The third kappa shape index (κ3) is 3.07. The fourth-order valence-corrected chi connectivity index (χ4v) is 2.64. The van der Waals surface area contributed by atoms with Crippen LogP contribution in [0.5, 0.6) is 0 Å². The molecule has 0 saturated carbocycles. The van der Waals surface area contributed by atoms with Gasteiger partial charge in [-0.25, -0.2) is 4.79 Å². The van der Waals surface area contributed by atoms with E-state index in [0.717, 1.165) is 5.06 Å². The van der Waals surface area contributed by atoms with Crippen molar-refractivity contribution in [3.05, 3.63) is 33.8 Å². The van der Waals surface area contributed by atoms with E-state index >= 15 is 0 Å². The van der Waals surface area contributed by atoms with Gasteiger partial charge in [0.1, 0.15) is 6.54 Å². The minimum atomic E-state index is -0.783. The van der Waals surface area contributed by atoms with Crippen LogP contribution in [0.3, 0.4) is 0 Å². The molecule has 1 atom stereocenters. The summed E-state index contributed by atoms with van der Waals surface area (Å²) in [6.45, 7) is 1.88. The largest absolute Gasteiger partial charge is 0.453 e. The Balaban J connectivity index is 2.45. The number of carbonyl (C=O) groups excluding carboxylic acids is 2. The highest BCUT2D eigenvalue weighted by Crippen LogP contribution is 2.36. The lowest BCUT2D eigenvalue weighted by Crippen LogP contribution is -2.35. The van der Waals surface area contributed by atoms with Gasteiger partial charge in [0.2, 0.25) is 0 Å². The van der Waals surface area contributed by atoms with Gasteiger partial charge in [0.15, 0.2) is 6.17 Å². The van der Waals surface area contributed by atoms with Crippen LogP contribution in [-0.4, -0.2) is 42.2 Å². The summed E-state index contributed by atoms with van der Waals surface area (Å²) in [5, 5.41) is 1.92. The molecule has 21 heavy (non-hydrogen) atoms. The fraction of sp³-hybridized carbons (Fsp3) is 0.385. The van der Waals surface area contributed by atoms with E-state index in [-0.39, 0.29) is 19.1 Å². The van der Waals surface area contributed by atoms with Crippen molar-refractivity contribution in [1.29, 1.82) is 0 Å². The van der Waals surface area contributed by atoms with E-state index in [9.17, 15) is 9.59 Å². The summed E-state index contributed by atoms with van der Waals surface area (Å²) in [5.41, 5.74) is 0.533. The van der Waals surface area contributed by atoms with Gasteiger partial charge in [-0.3, -0.25) is 14.5 Å². The molecule has 0 aromatic heterocycles. The van der Waals surface area contributed by atoms with Gasteiger partial charge in [-0.2, -0.15) is 5.06 Å². The number of ether oxygens (including phenoxy) is 1. The van der Waals surface area contributed by atoms with E-state index in [1.165, 1.54) is 12.0 Å². The molecule has 1 aromatic rings. The standard InChI is InChI=1S/C13H14Cl2N2O4/c1-3-21-17-11(18)7-16(13(19)20-2)12(17)9-5-4-8(14)6-10(9)15/h4-6,12H,3,7H2,1-2H3/t12-/m1/s1. The average molecular weight is 333 g/mol. The highest BCUT2D eigenvalue weighted by molar-refractivity contribution is 6.35. The Bertz CT molecular complexity index is 567. The van der Waals surface area contributed by atoms with Crippen LogP contribution in [0, 0.1) is 0 Å². The van der Waals surface area contributed by atoms with Crippen LogP contribution in [0.15, 0.2) is 18.2 Å². The molecule has 0 radical (unpaired) electrons. The van der Waals surface area contributed by atoms with Crippen LogP contribution in [0.4, 0.5) is 4.79 Å². The topological polar surface area (TPSA) is 59.1 Å². The zero-order valence-electron chi connectivity index (χ0n) is 11.5. The average Bonchev–Trinajstić information content (AvgIpc) is 2.76. The SMILES string of the molecule is CCON1C(=O)CN(C(=O)OC)[C@H]1c1ccc(Cl)cc1Cl. The molecule has 1 fully saturated rings. The Morgan fingerprint density at radius 3 is 2.71 bits per heavy atom. The summed E-state index contributed by atoms with van der Waals surface area (Å²) in [6, 6.07) is 4.82. The first-order chi connectivity index (χ1) is 9.99. The second-order valence-corrected chi connectivity index (χ2v) is 5.12. The summed E-state index contributed by atoms with van der Waals surface area (Å²) < 4.78 is 4.71. The van der Waals surface area contributed by atoms with E-state index in [2.05, 4.69) is 0 Å². The lowest BCUT2D eigenvalue weighted by atomic mass is 10.1. The molecule has 0 N–H and O–H groups in total. The molecule has 0 spiro atoms. The molecule has 6 nitrogen and oxygen atoms in total. The Morgan fingerprint density at radius 1 is 1.43 bits per heavy atom. The van der Waals surface area contributed by atoms with Crippen molar-refractivity contribution in [2.45, 2.75) is 13.1 Å². The maximum Gasteiger partial charge on any atom is 0.411 e. The summed E-state index contributed by atoms with van der Waals surface area (Å²) in [6.07, 6.45) is -1.42. The number of nitrogens with zero attached hydrogens (tertiary/aromatic N) is 2. The number of amides is 2. The molecule has 1 aromatic carbocycles. The van der Waals surface area contributed by atoms with E-state index in [4.69, 9.17) is 32.8 Å². The van der Waals surface area contributed by atoms with Crippen molar-refractivity contribution < 1.29 is 19.2 Å². The number of hydroxylamine groups is 2. The fourth-order valence-electron chi connectivity index (χ4n) is 2.13. The maximum atomic E-state index is 12.0. The number of carbonyl (C=O) groups is 2. The maximum absolute atomic E-state index is 12.0. The van der Waals surface area contributed by atoms with Crippen molar-refractivity contribution in [2.24, 2.45) is 0 Å². The molecular weight excluding hydrogens is 319 g/mol. The first kappa shape index (κ1) is 15.9. The molecule has 1 saturated heterocycles. The van der Waals surface area contributed by atoms with Crippen LogP contribution in [0.2, 0.25) is 10.0 Å². The van der Waals surface area contributed by atoms with Crippen LogP contribution >= 0.6 is 23.2 Å². The van der Waals surface area contributed by atoms with Crippen LogP contribution in [0.25, 0.3) is 0 Å². The number of halogens is 2. The second-order valence-electron chi connectivity index (χ2n) is 4.27. The smallest absolute Gasteiger partial charge is 0.411 e. The van der Waals surface area contributed by atoms with E-state index in [0.29, 0.717) is 15.6 Å². The van der Waals surface area contributed by atoms with Crippen molar-refractivity contribution in [3.8, 4) is 0 Å². The first-order valence-corrected chi connectivity index (χ1v) is 6.99. The highest BCUT2D eigenvalue weighted by atomic mass is 35.5. The molecular formula is C13H14Cl2N2O4. The normalized spacial score (nSPS) is 18.3. The second kappa shape index (κ2) is 6.51. The van der Waals surface area contributed by atoms with Gasteiger partial charge in [-0.15, -0.1) is 0 Å². The number of rotatable bonds is 3. The van der Waals surface area contributed by atoms with Gasteiger partial charge in [0.25, 0.3) is 5.91 Å². The molecule has 0 aliphatic carbocycles. The van der Waals surface area contributed by atoms with Crippen molar-refractivity contribution >= 4 is 35.2 Å². The Hall–Kier alpha value is -1.50. The predicted octanol–water partition coefficient (Wildman–Crippen LogP) is 2.85. The van der Waals surface area contributed by atoms with Crippen LogP contribution < -0.4 is 0 Å². The lowest BCUT2D eigenvalue weighted by Gasteiger charge is -2.28. The van der Waals surface area contributed by atoms with Crippen LogP contribution in [0.1, 0.15) is 18.7 Å². The summed E-state index contributed by atoms with van der Waals surface area (Å²) in [7, 11) is 1.25. The van der Waals surface area contributed by atoms with Gasteiger partial charge in [-0.1, -0.05) is 29.3 Å². The first-order valence-electron chi connectivity index (χ1n) is 6.24. The number of hydrogen-bond donors (Lipinski definition) is 0. The zero-order valence-corrected chi connectivity index (χ0v) is 13.0. The number of benzene rings is 1. The molecule has 114 valence electrons. The lowest BCUT2D eigenvalue weighted by molar-refractivity contribution is -0.194. The quantitative estimate of drug-likeness (QED) is 0.853. The van der Waals surface area contributed by atoms with Crippen molar-refractivity contribution in [1.82, 2.24) is 9.96 Å². The van der Waals surface area contributed by atoms with Gasteiger partial charge in [0, 0.05) is 15.6 Å². The third-order valence-electron chi connectivity index (χ3n) is 2.99. The predicted molar refractivity (Wildman–Crippen MR) is 76.8 cm³/mol. The van der Waals surface area contributed by atoms with E-state index in [1.54, 1.807) is 25.1 Å². The number of methoxy groups -OCH3 is 1. The van der Waals surface area contributed by atoms with Crippen LogP contribution in [-0.2, 0) is 14.4 Å². The molecule has 1 heterocycles. The monoisotopic (exact) mass is 332 g/mol. The molecule has 2 rings (SSSR count). The minimum absolute atomic E-state index is 0.143. The van der Waals surface area contributed by atoms with Gasteiger partial charge in [-0.05, 0) is 19.1 Å². The molecule has 0 unspecified atom stereocenters. The Morgan fingerprint density at radius 2 is 2.14 bits per heavy atom. The zero-order chi connectivity index (χ0) is 15.6.